The van der Waals surface area contributed by atoms with Crippen LogP contribution in [0.2, 0.25) is 0 Å². The van der Waals surface area contributed by atoms with Crippen molar-refractivity contribution in [2.45, 2.75) is 25.3 Å². The maximum atomic E-state index is 5.85. The van der Waals surface area contributed by atoms with E-state index >= 15 is 0 Å². The fourth-order valence-electron chi connectivity index (χ4n) is 1.12. The summed E-state index contributed by atoms with van der Waals surface area (Å²) >= 11 is 0. The SMILES string of the molecule is CCCC1(N)CNC1. The van der Waals surface area contributed by atoms with E-state index in [4.69, 9.17) is 5.73 Å². The van der Waals surface area contributed by atoms with Crippen LogP contribution in [0.3, 0.4) is 0 Å². The fraction of sp³-hybridized carbons (Fsp3) is 1.00. The lowest BCUT2D eigenvalue weighted by Crippen LogP contribution is -2.65. The molecule has 0 radical (unpaired) electrons. The minimum Gasteiger partial charge on any atom is -0.323 e. The van der Waals surface area contributed by atoms with Crippen molar-refractivity contribution in [3.8, 4) is 0 Å². The molecule has 2 heteroatoms. The van der Waals surface area contributed by atoms with Crippen LogP contribution in [0, 0.1) is 0 Å². The monoisotopic (exact) mass is 114 g/mol. The molecule has 0 aromatic rings. The lowest BCUT2D eigenvalue weighted by molar-refractivity contribution is 0.260. The highest BCUT2D eigenvalue weighted by Crippen LogP contribution is 2.12. The van der Waals surface area contributed by atoms with E-state index in [1.165, 1.54) is 12.8 Å². The van der Waals surface area contributed by atoms with Gasteiger partial charge < -0.3 is 11.1 Å². The van der Waals surface area contributed by atoms with Crippen LogP contribution >= 0.6 is 0 Å². The predicted molar refractivity (Wildman–Crippen MR) is 34.7 cm³/mol. The lowest BCUT2D eigenvalue weighted by Gasteiger charge is -2.38. The van der Waals surface area contributed by atoms with Gasteiger partial charge in [0.1, 0.15) is 0 Å². The van der Waals surface area contributed by atoms with Crippen LogP contribution in [-0.2, 0) is 0 Å². The summed E-state index contributed by atoms with van der Waals surface area (Å²) < 4.78 is 0. The smallest absolute Gasteiger partial charge is 0.0407 e. The van der Waals surface area contributed by atoms with Gasteiger partial charge in [-0.15, -0.1) is 0 Å². The Morgan fingerprint density at radius 2 is 2.25 bits per heavy atom. The Balaban J connectivity index is 2.20. The van der Waals surface area contributed by atoms with Gasteiger partial charge in [-0.3, -0.25) is 0 Å². The van der Waals surface area contributed by atoms with E-state index in [2.05, 4.69) is 12.2 Å². The van der Waals surface area contributed by atoms with Crippen molar-refractivity contribution in [3.63, 3.8) is 0 Å². The quantitative estimate of drug-likeness (QED) is 0.534. The van der Waals surface area contributed by atoms with Gasteiger partial charge >= 0.3 is 0 Å². The van der Waals surface area contributed by atoms with E-state index in [0.717, 1.165) is 13.1 Å². The van der Waals surface area contributed by atoms with E-state index in [0.29, 0.717) is 0 Å². The summed E-state index contributed by atoms with van der Waals surface area (Å²) in [7, 11) is 0. The zero-order valence-corrected chi connectivity index (χ0v) is 5.41. The Morgan fingerprint density at radius 3 is 2.38 bits per heavy atom. The van der Waals surface area contributed by atoms with Crippen molar-refractivity contribution >= 4 is 0 Å². The van der Waals surface area contributed by atoms with Gasteiger partial charge in [0, 0.05) is 18.6 Å². The maximum Gasteiger partial charge on any atom is 0.0407 e. The molecule has 8 heavy (non-hydrogen) atoms. The van der Waals surface area contributed by atoms with Gasteiger partial charge in [-0.05, 0) is 6.42 Å². The van der Waals surface area contributed by atoms with Crippen molar-refractivity contribution in [3.05, 3.63) is 0 Å². The van der Waals surface area contributed by atoms with Gasteiger partial charge in [-0.2, -0.15) is 0 Å². The van der Waals surface area contributed by atoms with Crippen LogP contribution in [0.25, 0.3) is 0 Å². The molecule has 2 nitrogen and oxygen atoms in total. The average molecular weight is 114 g/mol. The van der Waals surface area contributed by atoms with Gasteiger partial charge in [0.15, 0.2) is 0 Å². The third kappa shape index (κ3) is 1.01. The van der Waals surface area contributed by atoms with Crippen LogP contribution in [0.5, 0.6) is 0 Å². The summed E-state index contributed by atoms with van der Waals surface area (Å²) in [6.07, 6.45) is 2.37. The summed E-state index contributed by atoms with van der Waals surface area (Å²) in [5.74, 6) is 0. The highest BCUT2D eigenvalue weighted by atomic mass is 15.1. The van der Waals surface area contributed by atoms with Gasteiger partial charge in [0.2, 0.25) is 0 Å². The normalized spacial score (nSPS) is 24.8. The molecule has 1 heterocycles. The van der Waals surface area contributed by atoms with Crippen LogP contribution in [0.1, 0.15) is 19.8 Å². The van der Waals surface area contributed by atoms with Crippen LogP contribution in [0.4, 0.5) is 0 Å². The molecule has 0 spiro atoms. The molecule has 1 rings (SSSR count). The first-order valence-electron chi connectivity index (χ1n) is 3.26. The molecule has 0 aliphatic carbocycles. The van der Waals surface area contributed by atoms with E-state index in [1.807, 2.05) is 0 Å². The first-order chi connectivity index (χ1) is 3.77. The molecule has 3 N–H and O–H groups in total. The lowest BCUT2D eigenvalue weighted by atomic mass is 9.89. The van der Waals surface area contributed by atoms with Crippen molar-refractivity contribution in [2.75, 3.05) is 13.1 Å². The Labute approximate surface area is 50.4 Å². The zero-order chi connectivity index (χ0) is 6.04. The van der Waals surface area contributed by atoms with Crippen LogP contribution in [0.15, 0.2) is 0 Å². The van der Waals surface area contributed by atoms with E-state index in [-0.39, 0.29) is 5.54 Å². The van der Waals surface area contributed by atoms with E-state index in [1.54, 1.807) is 0 Å². The molecule has 1 fully saturated rings. The molecular formula is C6H14N2. The number of rotatable bonds is 2. The second-order valence-electron chi connectivity index (χ2n) is 2.72. The number of hydrogen-bond donors (Lipinski definition) is 2. The minimum absolute atomic E-state index is 0.161. The van der Waals surface area contributed by atoms with Gasteiger partial charge in [-0.1, -0.05) is 13.3 Å². The number of hydrogen-bond acceptors (Lipinski definition) is 2. The predicted octanol–water partition coefficient (Wildman–Crippen LogP) is 0.0872. The summed E-state index contributed by atoms with van der Waals surface area (Å²) in [6, 6.07) is 0. The zero-order valence-electron chi connectivity index (χ0n) is 5.41. The van der Waals surface area contributed by atoms with Crippen molar-refractivity contribution in [1.29, 1.82) is 0 Å². The van der Waals surface area contributed by atoms with Gasteiger partial charge in [0.25, 0.3) is 0 Å². The average Bonchev–Trinajstić information content (AvgIpc) is 1.64. The topological polar surface area (TPSA) is 38.0 Å². The maximum absolute atomic E-state index is 5.85. The van der Waals surface area contributed by atoms with E-state index in [9.17, 15) is 0 Å². The van der Waals surface area contributed by atoms with Gasteiger partial charge in [0.05, 0.1) is 0 Å². The molecule has 0 bridgehead atoms. The van der Waals surface area contributed by atoms with Crippen molar-refractivity contribution in [1.82, 2.24) is 5.32 Å². The Bertz CT molecular complexity index is 76.6. The van der Waals surface area contributed by atoms with Gasteiger partial charge in [-0.25, -0.2) is 0 Å². The molecule has 0 aromatic heterocycles. The highest BCUT2D eigenvalue weighted by molar-refractivity contribution is 4.96. The second kappa shape index (κ2) is 2.03. The molecule has 0 atom stereocenters. The summed E-state index contributed by atoms with van der Waals surface area (Å²) in [4.78, 5) is 0. The fourth-order valence-corrected chi connectivity index (χ4v) is 1.12. The van der Waals surface area contributed by atoms with Crippen molar-refractivity contribution in [2.24, 2.45) is 5.73 Å². The molecule has 48 valence electrons. The number of nitrogens with one attached hydrogen (secondary N) is 1. The summed E-state index contributed by atoms with van der Waals surface area (Å²) in [6.45, 7) is 4.20. The van der Waals surface area contributed by atoms with Crippen LogP contribution in [-0.4, -0.2) is 18.6 Å². The van der Waals surface area contributed by atoms with Crippen molar-refractivity contribution < 1.29 is 0 Å². The molecule has 0 unspecified atom stereocenters. The summed E-state index contributed by atoms with van der Waals surface area (Å²) in [5, 5.41) is 3.16. The molecule has 0 aromatic carbocycles. The first-order valence-corrected chi connectivity index (χ1v) is 3.26. The third-order valence-electron chi connectivity index (χ3n) is 1.70. The molecule has 1 saturated heterocycles. The third-order valence-corrected chi connectivity index (χ3v) is 1.70. The molecule has 0 amide bonds. The highest BCUT2D eigenvalue weighted by Gasteiger charge is 2.30. The molecular weight excluding hydrogens is 100 g/mol. The molecule has 1 aliphatic heterocycles. The Morgan fingerprint density at radius 1 is 1.62 bits per heavy atom. The Hall–Kier alpha value is -0.0800. The first kappa shape index (κ1) is 6.05. The van der Waals surface area contributed by atoms with Crippen LogP contribution < -0.4 is 11.1 Å². The van der Waals surface area contributed by atoms with E-state index < -0.39 is 0 Å². The standard InChI is InChI=1S/C6H14N2/c1-2-3-6(7)4-8-5-6/h8H,2-5,7H2,1H3. The second-order valence-corrected chi connectivity index (χ2v) is 2.72. The largest absolute Gasteiger partial charge is 0.323 e. The summed E-state index contributed by atoms with van der Waals surface area (Å²) in [5.41, 5.74) is 6.01. The number of nitrogens with two attached hydrogens (primary N) is 1. The molecule has 1 aliphatic rings. The Kier molecular flexibility index (Phi) is 1.54. The molecule has 0 saturated carbocycles. The minimum atomic E-state index is 0.161.